The van der Waals surface area contributed by atoms with Gasteiger partial charge < -0.3 is 25.8 Å². The van der Waals surface area contributed by atoms with E-state index in [2.05, 4.69) is 26.2 Å². The highest BCUT2D eigenvalue weighted by atomic mass is 28.4. The van der Waals surface area contributed by atoms with Crippen molar-refractivity contribution in [2.75, 3.05) is 11.5 Å². The number of hydrogen-bond acceptors (Lipinski definition) is 5. The van der Waals surface area contributed by atoms with Crippen LogP contribution >= 0.6 is 0 Å². The first-order chi connectivity index (χ1) is 10.5. The van der Waals surface area contributed by atoms with Gasteiger partial charge in [0.25, 0.3) is 0 Å². The van der Waals surface area contributed by atoms with Crippen LogP contribution in [0.3, 0.4) is 0 Å². The molecule has 2 aromatic carbocycles. The molecule has 0 aliphatic carbocycles. The predicted octanol–water partition coefficient (Wildman–Crippen LogP) is 1.80. The fourth-order valence-corrected chi connectivity index (χ4v) is 10.4. The van der Waals surface area contributed by atoms with Crippen LogP contribution in [0, 0.1) is 0 Å². The lowest BCUT2D eigenvalue weighted by Crippen LogP contribution is -2.62. The van der Waals surface area contributed by atoms with Crippen LogP contribution in [0.5, 0.6) is 11.5 Å². The van der Waals surface area contributed by atoms with Crippen LogP contribution in [-0.2, 0) is 4.12 Å². The molecule has 0 spiro atoms. The van der Waals surface area contributed by atoms with Crippen molar-refractivity contribution in [3.8, 4) is 11.5 Å². The summed E-state index contributed by atoms with van der Waals surface area (Å²) < 4.78 is 6.59. The topological polar surface area (TPSA) is 102 Å². The Morgan fingerprint density at radius 2 is 1.17 bits per heavy atom. The third kappa shape index (κ3) is 3.69. The van der Waals surface area contributed by atoms with E-state index < -0.39 is 16.6 Å². The minimum Gasteiger partial charge on any atom is -0.506 e. The molecule has 0 saturated carbocycles. The maximum absolute atomic E-state index is 9.70. The van der Waals surface area contributed by atoms with Gasteiger partial charge in [-0.1, -0.05) is 12.1 Å². The molecular weight excluding hydrogens is 324 g/mol. The molecule has 2 rings (SSSR count). The zero-order valence-corrected chi connectivity index (χ0v) is 15.9. The number of nitrogen functional groups attached to an aromatic ring is 2. The lowest BCUT2D eigenvalue weighted by atomic mass is 10.3. The van der Waals surface area contributed by atoms with Crippen molar-refractivity contribution in [2.24, 2.45) is 0 Å². The summed E-state index contributed by atoms with van der Waals surface area (Å²) in [6, 6.07) is 10.4. The maximum Gasteiger partial charge on any atom is 0.242 e. The van der Waals surface area contributed by atoms with Gasteiger partial charge in [0.05, 0.1) is 11.4 Å². The Hall–Kier alpha value is -1.97. The Kier molecular flexibility index (Phi) is 4.47. The highest BCUT2D eigenvalue weighted by Crippen LogP contribution is 2.23. The first-order valence-electron chi connectivity index (χ1n) is 7.41. The van der Waals surface area contributed by atoms with Crippen LogP contribution in [0.25, 0.3) is 0 Å². The van der Waals surface area contributed by atoms with Gasteiger partial charge in [0.15, 0.2) is 8.32 Å². The Morgan fingerprint density at radius 1 is 0.783 bits per heavy atom. The van der Waals surface area contributed by atoms with Gasteiger partial charge in [0.2, 0.25) is 8.32 Å². The molecule has 0 saturated heterocycles. The largest absolute Gasteiger partial charge is 0.506 e. The summed E-state index contributed by atoms with van der Waals surface area (Å²) in [6.07, 6.45) is 0. The van der Waals surface area contributed by atoms with Crippen molar-refractivity contribution in [2.45, 2.75) is 26.2 Å². The van der Waals surface area contributed by atoms with Crippen molar-refractivity contribution >= 4 is 38.4 Å². The summed E-state index contributed by atoms with van der Waals surface area (Å²) >= 11 is 0. The van der Waals surface area contributed by atoms with E-state index in [0.29, 0.717) is 11.4 Å². The Morgan fingerprint density at radius 3 is 1.48 bits per heavy atom. The molecule has 5 nitrogen and oxygen atoms in total. The summed E-state index contributed by atoms with van der Waals surface area (Å²) in [6.45, 7) is 8.48. The van der Waals surface area contributed by atoms with E-state index in [9.17, 15) is 10.2 Å². The molecule has 0 radical (unpaired) electrons. The second-order valence-corrected chi connectivity index (χ2v) is 15.1. The average Bonchev–Trinajstić information content (AvgIpc) is 2.42. The molecular formula is C16H24N2O3Si2. The van der Waals surface area contributed by atoms with Crippen LogP contribution in [-0.4, -0.2) is 26.8 Å². The summed E-state index contributed by atoms with van der Waals surface area (Å²) in [5.41, 5.74) is 12.4. The number of rotatable bonds is 4. The van der Waals surface area contributed by atoms with Crippen molar-refractivity contribution in [3.63, 3.8) is 0 Å². The number of nitrogens with two attached hydrogens (primary N) is 2. The van der Waals surface area contributed by atoms with Gasteiger partial charge in [-0.15, -0.1) is 0 Å². The number of phenolic OH excluding ortho intramolecular Hbond substituents is 2. The van der Waals surface area contributed by atoms with E-state index in [0.717, 1.165) is 10.4 Å². The van der Waals surface area contributed by atoms with Crippen LogP contribution < -0.4 is 21.8 Å². The molecule has 0 aliphatic heterocycles. The number of phenols is 2. The molecule has 0 aliphatic rings. The predicted molar refractivity (Wildman–Crippen MR) is 100 cm³/mol. The maximum atomic E-state index is 9.70. The lowest BCUT2D eigenvalue weighted by Gasteiger charge is -2.35. The van der Waals surface area contributed by atoms with Crippen molar-refractivity contribution in [1.29, 1.82) is 0 Å². The van der Waals surface area contributed by atoms with Gasteiger partial charge in [0, 0.05) is 0 Å². The first kappa shape index (κ1) is 17.4. The van der Waals surface area contributed by atoms with Crippen molar-refractivity contribution in [3.05, 3.63) is 36.4 Å². The standard InChI is InChI=1S/C16H24N2O3Si2/c1-22(2,3)21-23(4,11-5-7-15(19)13(17)9-11)12-6-8-16(20)14(18)10-12/h5-10,19-20H,17-18H2,1-4H3. The third-order valence-corrected chi connectivity index (χ3v) is 10.6. The summed E-state index contributed by atoms with van der Waals surface area (Å²) in [4.78, 5) is 0. The minimum atomic E-state index is -2.57. The zero-order chi connectivity index (χ0) is 17.4. The normalized spacial score (nSPS) is 12.3. The fraction of sp³-hybridized carbons (Fsp3) is 0.250. The second kappa shape index (κ2) is 5.91. The smallest absolute Gasteiger partial charge is 0.242 e. The quantitative estimate of drug-likeness (QED) is 0.383. The average molecular weight is 349 g/mol. The first-order valence-corrected chi connectivity index (χ1v) is 13.2. The molecule has 0 aromatic heterocycles. The SMILES string of the molecule is C[Si](C)(C)O[Si](C)(c1ccc(O)c(N)c1)c1ccc(O)c(N)c1. The van der Waals surface area contributed by atoms with Gasteiger partial charge in [-0.2, -0.15) is 0 Å². The number of aromatic hydroxyl groups is 2. The van der Waals surface area contributed by atoms with Gasteiger partial charge in [-0.05, 0) is 60.8 Å². The number of anilines is 2. The molecule has 124 valence electrons. The highest BCUT2D eigenvalue weighted by molar-refractivity contribution is 7.01. The third-order valence-electron chi connectivity index (χ3n) is 3.67. The number of hydrogen-bond donors (Lipinski definition) is 4. The Labute approximate surface area is 138 Å². The fourth-order valence-electron chi connectivity index (χ4n) is 2.60. The highest BCUT2D eigenvalue weighted by Gasteiger charge is 2.39. The molecule has 0 atom stereocenters. The molecule has 0 bridgehead atoms. The molecule has 0 fully saturated rings. The van der Waals surface area contributed by atoms with Gasteiger partial charge >= 0.3 is 0 Å². The monoisotopic (exact) mass is 348 g/mol. The van der Waals surface area contributed by atoms with E-state index in [4.69, 9.17) is 15.6 Å². The molecule has 2 aromatic rings. The van der Waals surface area contributed by atoms with Crippen LogP contribution in [0.2, 0.25) is 26.2 Å². The van der Waals surface area contributed by atoms with E-state index in [-0.39, 0.29) is 11.5 Å². The zero-order valence-electron chi connectivity index (χ0n) is 13.9. The van der Waals surface area contributed by atoms with Crippen LogP contribution in [0.4, 0.5) is 11.4 Å². The van der Waals surface area contributed by atoms with Gasteiger partial charge in [0.1, 0.15) is 11.5 Å². The summed E-state index contributed by atoms with van der Waals surface area (Å²) in [5.74, 6) is 0.117. The molecule has 0 amide bonds. The lowest BCUT2D eigenvalue weighted by molar-refractivity contribution is 0.477. The minimum absolute atomic E-state index is 0.0586. The molecule has 0 unspecified atom stereocenters. The van der Waals surface area contributed by atoms with E-state index in [1.165, 1.54) is 0 Å². The molecule has 7 heteroatoms. The van der Waals surface area contributed by atoms with Crippen LogP contribution in [0.15, 0.2) is 36.4 Å². The summed E-state index contributed by atoms with van der Waals surface area (Å²) in [7, 11) is -4.43. The van der Waals surface area contributed by atoms with Gasteiger partial charge in [-0.3, -0.25) is 0 Å². The van der Waals surface area contributed by atoms with E-state index in [1.54, 1.807) is 24.3 Å². The Bertz CT molecular complexity index is 678. The second-order valence-electron chi connectivity index (χ2n) is 6.79. The van der Waals surface area contributed by atoms with Crippen molar-refractivity contribution < 1.29 is 14.3 Å². The molecule has 0 heterocycles. The molecule has 23 heavy (non-hydrogen) atoms. The van der Waals surface area contributed by atoms with Gasteiger partial charge in [-0.25, -0.2) is 0 Å². The Balaban J connectivity index is 2.64. The van der Waals surface area contributed by atoms with E-state index >= 15 is 0 Å². The number of benzene rings is 2. The molecule has 6 N–H and O–H groups in total. The van der Waals surface area contributed by atoms with Crippen molar-refractivity contribution in [1.82, 2.24) is 0 Å². The summed E-state index contributed by atoms with van der Waals surface area (Å²) in [5, 5.41) is 21.3. The van der Waals surface area contributed by atoms with Crippen LogP contribution in [0.1, 0.15) is 0 Å². The van der Waals surface area contributed by atoms with E-state index in [1.807, 2.05) is 12.1 Å².